The number of rotatable bonds is 5. The summed E-state index contributed by atoms with van der Waals surface area (Å²) < 4.78 is 0. The number of likely N-dealkylation sites (tertiary alicyclic amines) is 1. The molecule has 22 heavy (non-hydrogen) atoms. The maximum Gasteiger partial charge on any atom is 0.227 e. The molecule has 1 saturated carbocycles. The number of hydrogen-bond acceptors (Lipinski definition) is 2. The van der Waals surface area contributed by atoms with Gasteiger partial charge in [-0.2, -0.15) is 0 Å². The molecule has 2 aliphatic rings. The van der Waals surface area contributed by atoms with E-state index in [0.717, 1.165) is 25.8 Å². The van der Waals surface area contributed by atoms with E-state index in [1.807, 2.05) is 16.8 Å². The molecule has 0 spiro atoms. The summed E-state index contributed by atoms with van der Waals surface area (Å²) in [4.78, 5) is 28.8. The first-order chi connectivity index (χ1) is 10.5. The Labute approximate surface area is 135 Å². The minimum Gasteiger partial charge on any atom is -0.345 e. The van der Waals surface area contributed by atoms with Crippen molar-refractivity contribution in [2.45, 2.75) is 71.3 Å². The van der Waals surface area contributed by atoms with Crippen LogP contribution in [0.1, 0.15) is 65.2 Å². The highest BCUT2D eigenvalue weighted by Gasteiger charge is 2.38. The Kier molecular flexibility index (Phi) is 6.27. The van der Waals surface area contributed by atoms with Crippen molar-refractivity contribution in [3.63, 3.8) is 0 Å². The van der Waals surface area contributed by atoms with Gasteiger partial charge in [0, 0.05) is 32.6 Å². The highest BCUT2D eigenvalue weighted by molar-refractivity contribution is 5.89. The number of hydrogen-bond donors (Lipinski definition) is 0. The molecule has 1 heterocycles. The van der Waals surface area contributed by atoms with E-state index >= 15 is 0 Å². The summed E-state index contributed by atoms with van der Waals surface area (Å²) in [5.41, 5.74) is 0. The van der Waals surface area contributed by atoms with Gasteiger partial charge in [0.25, 0.3) is 0 Å². The summed E-state index contributed by atoms with van der Waals surface area (Å²) in [6, 6.07) is 0.382. The molecule has 126 valence electrons. The quantitative estimate of drug-likeness (QED) is 0.732. The summed E-state index contributed by atoms with van der Waals surface area (Å²) in [5.74, 6) is 0.751. The van der Waals surface area contributed by atoms with Crippen LogP contribution < -0.4 is 0 Å². The van der Waals surface area contributed by atoms with E-state index in [0.29, 0.717) is 24.9 Å². The summed E-state index contributed by atoms with van der Waals surface area (Å²) >= 11 is 0. The molecule has 0 bridgehead atoms. The molecule has 1 saturated heterocycles. The lowest BCUT2D eigenvalue weighted by molar-refractivity contribution is -0.135. The van der Waals surface area contributed by atoms with Crippen molar-refractivity contribution in [2.75, 3.05) is 20.1 Å². The van der Waals surface area contributed by atoms with Crippen LogP contribution in [0, 0.1) is 11.8 Å². The second kappa shape index (κ2) is 7.98. The van der Waals surface area contributed by atoms with E-state index in [1.54, 1.807) is 0 Å². The standard InChI is InChI=1S/C18H32N2O2/c1-4-14(2)12-19(3)18(22)15-11-17(21)20(13-15)16-9-7-5-6-8-10-16/h14-16H,4-13H2,1-3H3/t14-,15+/m1/s1. The minimum absolute atomic E-state index is 0.121. The summed E-state index contributed by atoms with van der Waals surface area (Å²) in [6.45, 7) is 5.76. The Morgan fingerprint density at radius 1 is 1.27 bits per heavy atom. The predicted molar refractivity (Wildman–Crippen MR) is 88.4 cm³/mol. The van der Waals surface area contributed by atoms with Crippen molar-refractivity contribution in [3.05, 3.63) is 0 Å². The fourth-order valence-electron chi connectivity index (χ4n) is 3.82. The van der Waals surface area contributed by atoms with Gasteiger partial charge in [-0.1, -0.05) is 46.0 Å². The topological polar surface area (TPSA) is 40.6 Å². The van der Waals surface area contributed by atoms with Crippen molar-refractivity contribution in [3.8, 4) is 0 Å². The van der Waals surface area contributed by atoms with Crippen LogP contribution in [0.5, 0.6) is 0 Å². The van der Waals surface area contributed by atoms with Crippen molar-refractivity contribution in [1.29, 1.82) is 0 Å². The van der Waals surface area contributed by atoms with E-state index in [9.17, 15) is 9.59 Å². The SMILES string of the molecule is CC[C@@H](C)CN(C)C(=O)[C@H]1CC(=O)N(C2CCCCCC2)C1. The van der Waals surface area contributed by atoms with Crippen LogP contribution in [0.15, 0.2) is 0 Å². The van der Waals surface area contributed by atoms with Gasteiger partial charge in [0.1, 0.15) is 0 Å². The van der Waals surface area contributed by atoms with Crippen LogP contribution in [-0.4, -0.2) is 47.8 Å². The fraction of sp³-hybridized carbons (Fsp3) is 0.889. The molecule has 2 amide bonds. The molecule has 4 heteroatoms. The van der Waals surface area contributed by atoms with Crippen LogP contribution in [0.25, 0.3) is 0 Å². The van der Waals surface area contributed by atoms with Crippen LogP contribution >= 0.6 is 0 Å². The van der Waals surface area contributed by atoms with Crippen molar-refractivity contribution in [2.24, 2.45) is 11.8 Å². The van der Waals surface area contributed by atoms with E-state index < -0.39 is 0 Å². The molecular formula is C18H32N2O2. The molecule has 1 aliphatic carbocycles. The average molecular weight is 308 g/mol. The molecule has 2 rings (SSSR count). The lowest BCUT2D eigenvalue weighted by Gasteiger charge is -2.28. The predicted octanol–water partition coefficient (Wildman–Crippen LogP) is 3.06. The fourth-order valence-corrected chi connectivity index (χ4v) is 3.82. The minimum atomic E-state index is -0.121. The molecule has 4 nitrogen and oxygen atoms in total. The van der Waals surface area contributed by atoms with Gasteiger partial charge in [-0.15, -0.1) is 0 Å². The van der Waals surface area contributed by atoms with Gasteiger partial charge in [0.05, 0.1) is 5.92 Å². The number of carbonyl (C=O) groups is 2. The van der Waals surface area contributed by atoms with Gasteiger partial charge in [-0.3, -0.25) is 9.59 Å². The van der Waals surface area contributed by atoms with Crippen molar-refractivity contribution in [1.82, 2.24) is 9.80 Å². The second-order valence-electron chi connectivity index (χ2n) is 7.32. The monoisotopic (exact) mass is 308 g/mol. The van der Waals surface area contributed by atoms with E-state index in [-0.39, 0.29) is 17.7 Å². The van der Waals surface area contributed by atoms with Gasteiger partial charge in [-0.25, -0.2) is 0 Å². The molecular weight excluding hydrogens is 276 g/mol. The van der Waals surface area contributed by atoms with Gasteiger partial charge in [0.2, 0.25) is 11.8 Å². The Balaban J connectivity index is 1.91. The first kappa shape index (κ1) is 17.3. The maximum absolute atomic E-state index is 12.6. The molecule has 1 aliphatic heterocycles. The van der Waals surface area contributed by atoms with E-state index in [4.69, 9.17) is 0 Å². The molecule has 0 N–H and O–H groups in total. The summed E-state index contributed by atoms with van der Waals surface area (Å²) in [6.07, 6.45) is 8.76. The number of amides is 2. The zero-order valence-corrected chi connectivity index (χ0v) is 14.5. The van der Waals surface area contributed by atoms with Crippen LogP contribution in [0.3, 0.4) is 0 Å². The van der Waals surface area contributed by atoms with Gasteiger partial charge in [0.15, 0.2) is 0 Å². The first-order valence-electron chi connectivity index (χ1n) is 9.07. The Hall–Kier alpha value is -1.06. The summed E-state index contributed by atoms with van der Waals surface area (Å²) in [5, 5.41) is 0. The third-order valence-corrected chi connectivity index (χ3v) is 5.43. The van der Waals surface area contributed by atoms with Crippen LogP contribution in [0.2, 0.25) is 0 Å². The Morgan fingerprint density at radius 2 is 1.91 bits per heavy atom. The number of carbonyl (C=O) groups excluding carboxylic acids is 2. The molecule has 0 aromatic heterocycles. The average Bonchev–Trinajstić information content (AvgIpc) is 2.73. The second-order valence-corrected chi connectivity index (χ2v) is 7.32. The highest BCUT2D eigenvalue weighted by Crippen LogP contribution is 2.28. The van der Waals surface area contributed by atoms with Crippen LogP contribution in [0.4, 0.5) is 0 Å². The molecule has 2 fully saturated rings. The Morgan fingerprint density at radius 3 is 2.50 bits per heavy atom. The molecule has 0 radical (unpaired) electrons. The normalized spacial score (nSPS) is 25.1. The number of nitrogens with zero attached hydrogens (tertiary/aromatic N) is 2. The van der Waals surface area contributed by atoms with Crippen molar-refractivity contribution >= 4 is 11.8 Å². The van der Waals surface area contributed by atoms with Crippen LogP contribution in [-0.2, 0) is 9.59 Å². The van der Waals surface area contributed by atoms with Crippen molar-refractivity contribution < 1.29 is 9.59 Å². The lowest BCUT2D eigenvalue weighted by Crippen LogP contribution is -2.39. The molecule has 2 atom stereocenters. The lowest BCUT2D eigenvalue weighted by atomic mass is 10.0. The zero-order valence-electron chi connectivity index (χ0n) is 14.5. The third kappa shape index (κ3) is 4.23. The first-order valence-corrected chi connectivity index (χ1v) is 9.07. The molecule has 0 unspecified atom stereocenters. The van der Waals surface area contributed by atoms with E-state index in [2.05, 4.69) is 13.8 Å². The van der Waals surface area contributed by atoms with Gasteiger partial charge >= 0.3 is 0 Å². The van der Waals surface area contributed by atoms with Gasteiger partial charge < -0.3 is 9.80 Å². The van der Waals surface area contributed by atoms with Gasteiger partial charge in [-0.05, 0) is 18.8 Å². The largest absolute Gasteiger partial charge is 0.345 e. The summed E-state index contributed by atoms with van der Waals surface area (Å²) in [7, 11) is 1.88. The maximum atomic E-state index is 12.6. The zero-order chi connectivity index (χ0) is 16.1. The van der Waals surface area contributed by atoms with E-state index in [1.165, 1.54) is 25.7 Å². The Bertz CT molecular complexity index is 389. The molecule has 0 aromatic carbocycles. The highest BCUT2D eigenvalue weighted by atomic mass is 16.2. The molecule has 0 aromatic rings. The third-order valence-electron chi connectivity index (χ3n) is 5.43. The smallest absolute Gasteiger partial charge is 0.227 e.